The van der Waals surface area contributed by atoms with Gasteiger partial charge in [0.1, 0.15) is 5.52 Å². The number of nitrogens with zero attached hydrogens (tertiary/aromatic N) is 2. The lowest BCUT2D eigenvalue weighted by Gasteiger charge is -2.25. The number of benzene rings is 1. The van der Waals surface area contributed by atoms with Crippen LogP contribution in [0.4, 0.5) is 5.69 Å². The van der Waals surface area contributed by atoms with Gasteiger partial charge in [0, 0.05) is 25.7 Å². The van der Waals surface area contributed by atoms with Crippen LogP contribution in [0.25, 0.3) is 11.1 Å². The maximum atomic E-state index is 10.7. The fourth-order valence-corrected chi connectivity index (χ4v) is 1.89. The van der Waals surface area contributed by atoms with E-state index in [1.54, 1.807) is 6.92 Å². The minimum absolute atomic E-state index is 0.0760. The molecule has 1 unspecified atom stereocenters. The van der Waals surface area contributed by atoms with Crippen molar-refractivity contribution in [3.05, 3.63) is 24.1 Å². The molecule has 1 N–H and O–H groups in total. The van der Waals surface area contributed by atoms with Crippen molar-refractivity contribution in [2.24, 2.45) is 0 Å². The second kappa shape index (κ2) is 4.68. The number of aryl methyl sites for hydroxylation is 1. The van der Waals surface area contributed by atoms with Gasteiger partial charge < -0.3 is 14.4 Å². The van der Waals surface area contributed by atoms with E-state index in [9.17, 15) is 4.79 Å². The normalized spacial score (nSPS) is 12.6. The van der Waals surface area contributed by atoms with Crippen molar-refractivity contribution in [1.29, 1.82) is 0 Å². The lowest BCUT2D eigenvalue weighted by molar-refractivity contribution is -0.137. The zero-order valence-electron chi connectivity index (χ0n) is 10.7. The van der Waals surface area contributed by atoms with Gasteiger partial charge in [-0.15, -0.1) is 0 Å². The monoisotopic (exact) mass is 248 g/mol. The fraction of sp³-hybridized carbons (Fsp3) is 0.385. The summed E-state index contributed by atoms with van der Waals surface area (Å²) in [5.41, 5.74) is 2.47. The zero-order valence-corrected chi connectivity index (χ0v) is 10.7. The second-order valence-electron chi connectivity index (χ2n) is 4.44. The third-order valence-electron chi connectivity index (χ3n) is 3.02. The Morgan fingerprint density at radius 2 is 2.28 bits per heavy atom. The van der Waals surface area contributed by atoms with Crippen LogP contribution in [0.5, 0.6) is 0 Å². The number of hydrogen-bond acceptors (Lipinski definition) is 4. The summed E-state index contributed by atoms with van der Waals surface area (Å²) in [6.07, 6.45) is 0.104. The highest BCUT2D eigenvalue weighted by atomic mass is 16.4. The molecule has 1 heterocycles. The average Bonchev–Trinajstić information content (AvgIpc) is 2.65. The molecular formula is C13H16N2O3. The lowest BCUT2D eigenvalue weighted by atomic mass is 10.2. The molecule has 0 aliphatic rings. The number of hydrogen-bond donors (Lipinski definition) is 1. The largest absolute Gasteiger partial charge is 0.481 e. The van der Waals surface area contributed by atoms with Crippen LogP contribution >= 0.6 is 0 Å². The molecule has 2 aromatic rings. The summed E-state index contributed by atoms with van der Waals surface area (Å²) in [5, 5.41) is 8.80. The maximum Gasteiger partial charge on any atom is 0.305 e. The summed E-state index contributed by atoms with van der Waals surface area (Å²) in [4.78, 5) is 16.9. The topological polar surface area (TPSA) is 66.6 Å². The first-order chi connectivity index (χ1) is 8.47. The van der Waals surface area contributed by atoms with E-state index in [0.29, 0.717) is 5.89 Å². The van der Waals surface area contributed by atoms with Crippen molar-refractivity contribution in [2.75, 3.05) is 11.9 Å². The van der Waals surface area contributed by atoms with Crippen molar-refractivity contribution in [1.82, 2.24) is 4.98 Å². The molecule has 0 radical (unpaired) electrons. The van der Waals surface area contributed by atoms with Gasteiger partial charge in [0.25, 0.3) is 0 Å². The summed E-state index contributed by atoms with van der Waals surface area (Å²) in [6.45, 7) is 3.68. The number of rotatable bonds is 4. The van der Waals surface area contributed by atoms with E-state index in [4.69, 9.17) is 9.52 Å². The Bertz CT molecular complexity index is 577. The molecule has 1 aromatic carbocycles. The molecule has 0 fully saturated rings. The summed E-state index contributed by atoms with van der Waals surface area (Å²) in [6, 6.07) is 5.59. The Labute approximate surface area is 105 Å². The number of aromatic nitrogens is 1. The Kier molecular flexibility index (Phi) is 3.23. The highest BCUT2D eigenvalue weighted by Crippen LogP contribution is 2.23. The fourth-order valence-electron chi connectivity index (χ4n) is 1.89. The molecule has 96 valence electrons. The van der Waals surface area contributed by atoms with E-state index in [-0.39, 0.29) is 12.5 Å². The van der Waals surface area contributed by atoms with Crippen LogP contribution in [0.2, 0.25) is 0 Å². The highest BCUT2D eigenvalue weighted by Gasteiger charge is 2.14. The molecule has 1 aromatic heterocycles. The number of oxazole rings is 1. The Morgan fingerprint density at radius 3 is 2.94 bits per heavy atom. The van der Waals surface area contributed by atoms with E-state index in [1.165, 1.54) is 0 Å². The van der Waals surface area contributed by atoms with Crippen LogP contribution in [-0.4, -0.2) is 29.1 Å². The number of carboxylic acids is 1. The molecule has 0 saturated carbocycles. The molecule has 1 atom stereocenters. The molecule has 0 aliphatic heterocycles. The number of fused-ring (bicyclic) bond motifs is 1. The molecule has 0 spiro atoms. The molecule has 0 amide bonds. The first-order valence-electron chi connectivity index (χ1n) is 5.79. The first-order valence-corrected chi connectivity index (χ1v) is 5.79. The first kappa shape index (κ1) is 12.4. The number of anilines is 1. The van der Waals surface area contributed by atoms with Crippen molar-refractivity contribution in [2.45, 2.75) is 26.3 Å². The summed E-state index contributed by atoms with van der Waals surface area (Å²) < 4.78 is 5.40. The van der Waals surface area contributed by atoms with Crippen molar-refractivity contribution >= 4 is 22.8 Å². The van der Waals surface area contributed by atoms with Gasteiger partial charge in [-0.05, 0) is 25.1 Å². The van der Waals surface area contributed by atoms with Gasteiger partial charge >= 0.3 is 5.97 Å². The predicted molar refractivity (Wildman–Crippen MR) is 68.9 cm³/mol. The quantitative estimate of drug-likeness (QED) is 0.900. The van der Waals surface area contributed by atoms with Crippen LogP contribution in [0.15, 0.2) is 22.6 Å². The van der Waals surface area contributed by atoms with E-state index < -0.39 is 5.97 Å². The molecule has 2 rings (SSSR count). The van der Waals surface area contributed by atoms with Crippen LogP contribution in [-0.2, 0) is 4.79 Å². The van der Waals surface area contributed by atoms with Gasteiger partial charge in [0.15, 0.2) is 11.5 Å². The third kappa shape index (κ3) is 2.45. The van der Waals surface area contributed by atoms with Crippen LogP contribution in [0, 0.1) is 6.92 Å². The molecule has 18 heavy (non-hydrogen) atoms. The number of aliphatic carboxylic acids is 1. The molecule has 5 nitrogen and oxygen atoms in total. The molecule has 0 saturated heterocycles. The number of carbonyl (C=O) groups is 1. The summed E-state index contributed by atoms with van der Waals surface area (Å²) in [7, 11) is 1.88. The minimum atomic E-state index is -0.798. The standard InChI is InChI=1S/C13H16N2O3/c1-8(6-13(16)17)15(3)10-4-5-12-11(7-10)14-9(2)18-12/h4-5,7-8H,6H2,1-3H3,(H,16,17). The predicted octanol–water partition coefficient (Wildman–Crippen LogP) is 2.44. The van der Waals surface area contributed by atoms with Gasteiger partial charge in [-0.1, -0.05) is 0 Å². The van der Waals surface area contributed by atoms with E-state index in [1.807, 2.05) is 37.1 Å². The van der Waals surface area contributed by atoms with Crippen molar-refractivity contribution in [3.8, 4) is 0 Å². The van der Waals surface area contributed by atoms with Crippen molar-refractivity contribution in [3.63, 3.8) is 0 Å². The van der Waals surface area contributed by atoms with E-state index in [0.717, 1.165) is 16.8 Å². The van der Waals surface area contributed by atoms with Crippen molar-refractivity contribution < 1.29 is 14.3 Å². The summed E-state index contributed by atoms with van der Waals surface area (Å²) in [5.74, 6) is -0.170. The highest BCUT2D eigenvalue weighted by molar-refractivity contribution is 5.78. The Morgan fingerprint density at radius 1 is 1.56 bits per heavy atom. The second-order valence-corrected chi connectivity index (χ2v) is 4.44. The minimum Gasteiger partial charge on any atom is -0.481 e. The third-order valence-corrected chi connectivity index (χ3v) is 3.02. The number of carboxylic acid groups (broad SMARTS) is 1. The molecule has 0 aliphatic carbocycles. The zero-order chi connectivity index (χ0) is 13.3. The molecular weight excluding hydrogens is 232 g/mol. The van der Waals surface area contributed by atoms with Crippen LogP contribution < -0.4 is 4.90 Å². The van der Waals surface area contributed by atoms with Crippen LogP contribution in [0.3, 0.4) is 0 Å². The molecule has 0 bridgehead atoms. The summed E-state index contributed by atoms with van der Waals surface area (Å²) >= 11 is 0. The van der Waals surface area contributed by atoms with Gasteiger partial charge in [0.2, 0.25) is 0 Å². The SMILES string of the molecule is Cc1nc2cc(N(C)C(C)CC(=O)O)ccc2o1. The lowest BCUT2D eigenvalue weighted by Crippen LogP contribution is -2.30. The average molecular weight is 248 g/mol. The van der Waals surface area contributed by atoms with Crippen LogP contribution in [0.1, 0.15) is 19.2 Å². The smallest absolute Gasteiger partial charge is 0.305 e. The van der Waals surface area contributed by atoms with Gasteiger partial charge in [0.05, 0.1) is 6.42 Å². The van der Waals surface area contributed by atoms with Gasteiger partial charge in [-0.2, -0.15) is 0 Å². The van der Waals surface area contributed by atoms with Gasteiger partial charge in [-0.25, -0.2) is 4.98 Å². The van der Waals surface area contributed by atoms with E-state index >= 15 is 0 Å². The van der Waals surface area contributed by atoms with E-state index in [2.05, 4.69) is 4.98 Å². The molecule has 5 heteroatoms. The Balaban J connectivity index is 2.26. The Hall–Kier alpha value is -2.04. The van der Waals surface area contributed by atoms with Gasteiger partial charge in [-0.3, -0.25) is 4.79 Å². The maximum absolute atomic E-state index is 10.7.